The molecule has 0 aliphatic rings. The molecule has 82 valence electrons. The van der Waals surface area contributed by atoms with Crippen molar-refractivity contribution in [3.63, 3.8) is 0 Å². The fourth-order valence-electron chi connectivity index (χ4n) is 1.42. The highest BCUT2D eigenvalue weighted by Crippen LogP contribution is 2.01. The van der Waals surface area contributed by atoms with Crippen LogP contribution in [0.1, 0.15) is 25.3 Å². The number of hydrogen-bond acceptors (Lipinski definition) is 2. The number of rotatable bonds is 6. The van der Waals surface area contributed by atoms with Gasteiger partial charge in [0.15, 0.2) is 0 Å². The monoisotopic (exact) mass is 205 g/mol. The number of ether oxygens (including phenoxy) is 1. The lowest BCUT2D eigenvalue weighted by Crippen LogP contribution is -2.13. The molecule has 15 heavy (non-hydrogen) atoms. The Morgan fingerprint density at radius 3 is 2.67 bits per heavy atom. The third-order valence-corrected chi connectivity index (χ3v) is 2.29. The lowest BCUT2D eigenvalue weighted by molar-refractivity contribution is 0.102. The van der Waals surface area contributed by atoms with E-state index < -0.39 is 0 Å². The van der Waals surface area contributed by atoms with Gasteiger partial charge in [-0.15, -0.1) is 0 Å². The topological polar surface area (TPSA) is 21.6 Å². The maximum atomic E-state index is 5.31. The zero-order chi connectivity index (χ0) is 10.9. The molecule has 2 nitrogen and oxygen atoms in total. The van der Waals surface area contributed by atoms with Gasteiger partial charge in [0.25, 0.3) is 0 Å². The number of benzene rings is 1. The highest BCUT2D eigenvalue weighted by molar-refractivity contribution is 5.79. The van der Waals surface area contributed by atoms with E-state index in [1.165, 1.54) is 0 Å². The molecule has 0 saturated carbocycles. The van der Waals surface area contributed by atoms with Gasteiger partial charge in [0.05, 0.1) is 12.6 Å². The summed E-state index contributed by atoms with van der Waals surface area (Å²) < 4.78 is 5.31. The molecular formula is C13H19NO. The minimum atomic E-state index is 0.259. The van der Waals surface area contributed by atoms with Crippen molar-refractivity contribution in [3.8, 4) is 0 Å². The lowest BCUT2D eigenvalue weighted by atomic mass is 10.2. The molecule has 1 aromatic rings. The van der Waals surface area contributed by atoms with Gasteiger partial charge in [0.1, 0.15) is 0 Å². The molecule has 1 aromatic carbocycles. The fourth-order valence-corrected chi connectivity index (χ4v) is 1.42. The summed E-state index contributed by atoms with van der Waals surface area (Å²) in [6.45, 7) is 2.91. The van der Waals surface area contributed by atoms with E-state index in [1.54, 1.807) is 7.11 Å². The second kappa shape index (κ2) is 7.18. The van der Waals surface area contributed by atoms with Gasteiger partial charge >= 0.3 is 0 Å². The number of hydrogen-bond donors (Lipinski definition) is 0. The molecule has 0 fully saturated rings. The van der Waals surface area contributed by atoms with E-state index in [9.17, 15) is 0 Å². The summed E-state index contributed by atoms with van der Waals surface area (Å²) in [4.78, 5) is 4.38. The van der Waals surface area contributed by atoms with E-state index in [1.807, 2.05) is 36.5 Å². The summed E-state index contributed by atoms with van der Waals surface area (Å²) in [5.41, 5.74) is 1.14. The smallest absolute Gasteiger partial charge is 0.0766 e. The molecule has 0 amide bonds. The molecule has 1 unspecified atom stereocenters. The maximum Gasteiger partial charge on any atom is 0.0766 e. The Labute approximate surface area is 92.0 Å². The quantitative estimate of drug-likeness (QED) is 0.654. The van der Waals surface area contributed by atoms with Crippen molar-refractivity contribution in [1.82, 2.24) is 0 Å². The molecule has 1 rings (SSSR count). The molecule has 0 saturated heterocycles. The molecule has 0 aromatic heterocycles. The van der Waals surface area contributed by atoms with Crippen LogP contribution in [0, 0.1) is 0 Å². The molecular weight excluding hydrogens is 186 g/mol. The van der Waals surface area contributed by atoms with Crippen molar-refractivity contribution >= 4 is 6.21 Å². The Morgan fingerprint density at radius 2 is 2.07 bits per heavy atom. The minimum absolute atomic E-state index is 0.259. The van der Waals surface area contributed by atoms with Crippen molar-refractivity contribution in [2.75, 3.05) is 13.7 Å². The number of methoxy groups -OCH3 is 1. The van der Waals surface area contributed by atoms with Gasteiger partial charge in [-0.2, -0.15) is 0 Å². The van der Waals surface area contributed by atoms with Crippen LogP contribution in [0.4, 0.5) is 0 Å². The van der Waals surface area contributed by atoms with Crippen LogP contribution in [0.3, 0.4) is 0 Å². The van der Waals surface area contributed by atoms with Crippen LogP contribution >= 0.6 is 0 Å². The predicted molar refractivity (Wildman–Crippen MR) is 64.6 cm³/mol. The summed E-state index contributed by atoms with van der Waals surface area (Å²) in [6, 6.07) is 10.1. The zero-order valence-electron chi connectivity index (χ0n) is 9.52. The molecule has 0 radical (unpaired) electrons. The van der Waals surface area contributed by atoms with Crippen LogP contribution in [0.15, 0.2) is 35.3 Å². The van der Waals surface area contributed by atoms with Gasteiger partial charge in [-0.1, -0.05) is 43.7 Å². The molecule has 1 atom stereocenters. The lowest BCUT2D eigenvalue weighted by Gasteiger charge is -2.10. The minimum Gasteiger partial charge on any atom is -0.380 e. The van der Waals surface area contributed by atoms with Gasteiger partial charge in [0, 0.05) is 13.3 Å². The Bertz CT molecular complexity index is 282. The molecule has 0 bridgehead atoms. The normalized spacial score (nSPS) is 13.2. The third-order valence-electron chi connectivity index (χ3n) is 2.29. The Kier molecular flexibility index (Phi) is 5.71. The summed E-state index contributed by atoms with van der Waals surface area (Å²) in [6.07, 6.45) is 4.37. The second-order valence-electron chi connectivity index (χ2n) is 3.55. The van der Waals surface area contributed by atoms with E-state index in [0.29, 0.717) is 0 Å². The van der Waals surface area contributed by atoms with E-state index in [-0.39, 0.29) is 6.10 Å². The van der Waals surface area contributed by atoms with E-state index in [2.05, 4.69) is 11.9 Å². The van der Waals surface area contributed by atoms with Crippen LogP contribution in [-0.2, 0) is 4.74 Å². The van der Waals surface area contributed by atoms with Gasteiger partial charge in [0.2, 0.25) is 0 Å². The largest absolute Gasteiger partial charge is 0.380 e. The predicted octanol–water partition coefficient (Wildman–Crippen LogP) is 2.92. The van der Waals surface area contributed by atoms with E-state index in [4.69, 9.17) is 4.74 Å². The SMILES string of the molecule is CCCC(CN=Cc1ccccc1)OC. The first kappa shape index (κ1) is 11.9. The zero-order valence-corrected chi connectivity index (χ0v) is 9.52. The van der Waals surface area contributed by atoms with Crippen LogP contribution in [0.25, 0.3) is 0 Å². The molecule has 2 heteroatoms. The average molecular weight is 205 g/mol. The summed E-state index contributed by atoms with van der Waals surface area (Å²) >= 11 is 0. The van der Waals surface area contributed by atoms with Crippen LogP contribution in [0.5, 0.6) is 0 Å². The average Bonchev–Trinajstić information content (AvgIpc) is 2.29. The maximum absolute atomic E-state index is 5.31. The van der Waals surface area contributed by atoms with Gasteiger partial charge in [-0.25, -0.2) is 0 Å². The third kappa shape index (κ3) is 4.75. The number of nitrogens with zero attached hydrogens (tertiary/aromatic N) is 1. The van der Waals surface area contributed by atoms with Crippen molar-refractivity contribution in [2.45, 2.75) is 25.9 Å². The summed E-state index contributed by atoms with van der Waals surface area (Å²) in [5, 5.41) is 0. The van der Waals surface area contributed by atoms with Crippen LogP contribution < -0.4 is 0 Å². The van der Waals surface area contributed by atoms with Gasteiger partial charge in [-0.05, 0) is 12.0 Å². The van der Waals surface area contributed by atoms with Crippen LogP contribution in [-0.4, -0.2) is 26.0 Å². The summed E-state index contributed by atoms with van der Waals surface area (Å²) in [7, 11) is 1.75. The van der Waals surface area contributed by atoms with Crippen molar-refractivity contribution in [1.29, 1.82) is 0 Å². The first-order chi connectivity index (χ1) is 7.36. The van der Waals surface area contributed by atoms with Crippen molar-refractivity contribution < 1.29 is 4.74 Å². The highest BCUT2D eigenvalue weighted by atomic mass is 16.5. The second-order valence-corrected chi connectivity index (χ2v) is 3.55. The van der Waals surface area contributed by atoms with Crippen LogP contribution in [0.2, 0.25) is 0 Å². The molecule has 0 aliphatic heterocycles. The standard InChI is InChI=1S/C13H19NO/c1-3-7-13(15-2)11-14-10-12-8-5-4-6-9-12/h4-6,8-10,13H,3,7,11H2,1-2H3. The molecule has 0 N–H and O–H groups in total. The van der Waals surface area contributed by atoms with Crippen molar-refractivity contribution in [2.24, 2.45) is 4.99 Å². The first-order valence-electron chi connectivity index (χ1n) is 5.44. The Morgan fingerprint density at radius 1 is 1.33 bits per heavy atom. The fraction of sp³-hybridized carbons (Fsp3) is 0.462. The Balaban J connectivity index is 2.38. The first-order valence-corrected chi connectivity index (χ1v) is 5.44. The van der Waals surface area contributed by atoms with E-state index >= 15 is 0 Å². The Hall–Kier alpha value is -1.15. The molecule has 0 aliphatic carbocycles. The molecule has 0 heterocycles. The van der Waals surface area contributed by atoms with Gasteiger partial charge in [-0.3, -0.25) is 4.99 Å². The highest BCUT2D eigenvalue weighted by Gasteiger charge is 2.02. The van der Waals surface area contributed by atoms with Gasteiger partial charge < -0.3 is 4.74 Å². The molecule has 0 spiro atoms. The van der Waals surface area contributed by atoms with Crippen molar-refractivity contribution in [3.05, 3.63) is 35.9 Å². The summed E-state index contributed by atoms with van der Waals surface area (Å²) in [5.74, 6) is 0. The van der Waals surface area contributed by atoms with E-state index in [0.717, 1.165) is 24.9 Å². The number of aliphatic imine (C=N–C) groups is 1.